The molecule has 1 aromatic carbocycles. The van der Waals surface area contributed by atoms with Crippen molar-refractivity contribution in [1.82, 2.24) is 20.2 Å². The Bertz CT molecular complexity index is 1170. The summed E-state index contributed by atoms with van der Waals surface area (Å²) in [6.07, 6.45) is 1.42. The van der Waals surface area contributed by atoms with E-state index in [9.17, 15) is 9.59 Å². The number of anilines is 2. The van der Waals surface area contributed by atoms with Crippen LogP contribution in [0.1, 0.15) is 16.2 Å². The molecule has 0 aliphatic carbocycles. The molecular formula is C19H16N6O4S. The number of carbonyl (C=O) groups excluding carboxylic acids is 2. The fourth-order valence-corrected chi connectivity index (χ4v) is 3.33. The number of benzene rings is 1. The molecular weight excluding hydrogens is 408 g/mol. The van der Waals surface area contributed by atoms with E-state index in [4.69, 9.17) is 9.15 Å². The molecule has 10 nitrogen and oxygen atoms in total. The van der Waals surface area contributed by atoms with Crippen LogP contribution in [-0.2, 0) is 11.2 Å². The fraction of sp³-hybridized carbons (Fsp3) is 0.105. The quantitative estimate of drug-likeness (QED) is 0.415. The molecule has 0 fully saturated rings. The summed E-state index contributed by atoms with van der Waals surface area (Å²) in [5.74, 6) is 0.685. The number of para-hydroxylation sites is 1. The monoisotopic (exact) mass is 424 g/mol. The van der Waals surface area contributed by atoms with Crippen LogP contribution >= 0.6 is 11.3 Å². The van der Waals surface area contributed by atoms with Crippen molar-refractivity contribution in [2.45, 2.75) is 6.42 Å². The van der Waals surface area contributed by atoms with Gasteiger partial charge in [0.15, 0.2) is 16.7 Å². The molecule has 0 unspecified atom stereocenters. The van der Waals surface area contributed by atoms with Gasteiger partial charge in [0.25, 0.3) is 5.91 Å². The van der Waals surface area contributed by atoms with Gasteiger partial charge in [-0.2, -0.15) is 4.98 Å². The Labute approximate surface area is 174 Å². The molecule has 0 atom stereocenters. The fourth-order valence-electron chi connectivity index (χ4n) is 2.62. The molecule has 3 heterocycles. The summed E-state index contributed by atoms with van der Waals surface area (Å²) in [6.45, 7) is 0. The second kappa shape index (κ2) is 8.57. The molecule has 0 aliphatic heterocycles. The van der Waals surface area contributed by atoms with Crippen LogP contribution in [0.25, 0.3) is 11.4 Å². The number of ether oxygens (including phenoxy) is 1. The highest BCUT2D eigenvalue weighted by Crippen LogP contribution is 2.27. The number of amides is 2. The van der Waals surface area contributed by atoms with E-state index in [-0.39, 0.29) is 24.0 Å². The van der Waals surface area contributed by atoms with Crippen molar-refractivity contribution in [3.8, 4) is 17.1 Å². The molecule has 0 aliphatic rings. The van der Waals surface area contributed by atoms with Crippen molar-refractivity contribution in [3.05, 3.63) is 59.5 Å². The number of nitrogens with one attached hydrogen (secondary N) is 3. The number of thiazole rings is 1. The second-order valence-electron chi connectivity index (χ2n) is 6.01. The zero-order chi connectivity index (χ0) is 20.9. The van der Waals surface area contributed by atoms with Gasteiger partial charge in [0, 0.05) is 5.38 Å². The number of H-pyrrole nitrogens is 1. The van der Waals surface area contributed by atoms with Crippen LogP contribution in [0.2, 0.25) is 0 Å². The Morgan fingerprint density at radius 2 is 2.03 bits per heavy atom. The number of hydrogen-bond acceptors (Lipinski definition) is 8. The largest absolute Gasteiger partial charge is 0.496 e. The minimum atomic E-state index is -0.407. The van der Waals surface area contributed by atoms with Crippen molar-refractivity contribution >= 4 is 34.2 Å². The Balaban J connectivity index is 1.36. The molecule has 4 rings (SSSR count). The van der Waals surface area contributed by atoms with E-state index in [0.29, 0.717) is 22.4 Å². The molecule has 0 radical (unpaired) electrons. The number of rotatable bonds is 7. The summed E-state index contributed by atoms with van der Waals surface area (Å²) in [5, 5.41) is 14.1. The number of nitrogens with zero attached hydrogens (tertiary/aromatic N) is 3. The lowest BCUT2D eigenvalue weighted by atomic mass is 10.2. The van der Waals surface area contributed by atoms with Crippen LogP contribution in [0, 0.1) is 0 Å². The summed E-state index contributed by atoms with van der Waals surface area (Å²) in [5.41, 5.74) is 1.23. The Hall–Kier alpha value is -3.99. The molecule has 11 heteroatoms. The Kier molecular flexibility index (Phi) is 5.52. The van der Waals surface area contributed by atoms with Crippen LogP contribution in [0.3, 0.4) is 0 Å². The maximum Gasteiger partial charge on any atom is 0.293 e. The zero-order valence-corrected chi connectivity index (χ0v) is 16.5. The normalized spacial score (nSPS) is 10.6. The van der Waals surface area contributed by atoms with Gasteiger partial charge < -0.3 is 9.15 Å². The first-order chi connectivity index (χ1) is 14.6. The van der Waals surface area contributed by atoms with Gasteiger partial charge in [0.05, 0.1) is 31.1 Å². The van der Waals surface area contributed by atoms with Crippen LogP contribution in [-0.4, -0.2) is 39.1 Å². The van der Waals surface area contributed by atoms with Gasteiger partial charge in [0.2, 0.25) is 11.9 Å². The van der Waals surface area contributed by atoms with E-state index in [0.717, 1.165) is 5.56 Å². The molecule has 3 N–H and O–H groups in total. The number of carbonyl (C=O) groups is 2. The third-order valence-corrected chi connectivity index (χ3v) is 4.76. The summed E-state index contributed by atoms with van der Waals surface area (Å²) in [6, 6.07) is 10.5. The number of hydrogen-bond donors (Lipinski definition) is 3. The minimum Gasteiger partial charge on any atom is -0.496 e. The second-order valence-corrected chi connectivity index (χ2v) is 6.87. The average Bonchev–Trinajstić information content (AvgIpc) is 3.50. The lowest BCUT2D eigenvalue weighted by Crippen LogP contribution is -2.16. The van der Waals surface area contributed by atoms with E-state index < -0.39 is 5.91 Å². The van der Waals surface area contributed by atoms with Gasteiger partial charge in [-0.05, 0) is 24.3 Å². The topological polar surface area (TPSA) is 135 Å². The highest BCUT2D eigenvalue weighted by atomic mass is 32.1. The van der Waals surface area contributed by atoms with E-state index >= 15 is 0 Å². The molecule has 0 saturated heterocycles. The Morgan fingerprint density at radius 3 is 2.83 bits per heavy atom. The molecule has 2 amide bonds. The molecule has 4 aromatic rings. The predicted molar refractivity (Wildman–Crippen MR) is 109 cm³/mol. The summed E-state index contributed by atoms with van der Waals surface area (Å²) < 4.78 is 10.3. The maximum absolute atomic E-state index is 12.3. The van der Waals surface area contributed by atoms with Crippen molar-refractivity contribution in [1.29, 1.82) is 0 Å². The molecule has 3 aromatic heterocycles. The first kappa shape index (κ1) is 19.3. The standard InChI is InChI=1S/C19H16N6O4S/c1-28-13-6-3-2-5-12(13)16-22-18(25-24-16)21-15(26)9-11-10-30-19(20-11)23-17(27)14-7-4-8-29-14/h2-8,10H,9H2,1H3,(H,20,23,27)(H2,21,22,24,25,26). The number of furan rings is 1. The van der Waals surface area contributed by atoms with Gasteiger partial charge in [-0.3, -0.25) is 25.3 Å². The highest BCUT2D eigenvalue weighted by Gasteiger charge is 2.15. The molecule has 0 spiro atoms. The van der Waals surface area contributed by atoms with Crippen molar-refractivity contribution < 1.29 is 18.7 Å². The SMILES string of the molecule is COc1ccccc1-c1nc(NC(=O)Cc2csc(NC(=O)c3ccco3)n2)n[nH]1. The number of aromatic amines is 1. The van der Waals surface area contributed by atoms with Gasteiger partial charge in [-0.25, -0.2) is 4.98 Å². The van der Waals surface area contributed by atoms with Gasteiger partial charge in [0.1, 0.15) is 5.75 Å². The summed E-state index contributed by atoms with van der Waals surface area (Å²) in [4.78, 5) is 32.8. The van der Waals surface area contributed by atoms with E-state index in [2.05, 4.69) is 30.8 Å². The lowest BCUT2D eigenvalue weighted by Gasteiger charge is -2.04. The van der Waals surface area contributed by atoms with E-state index in [1.54, 1.807) is 30.7 Å². The minimum absolute atomic E-state index is 0.00561. The molecule has 0 bridgehead atoms. The molecule has 0 saturated carbocycles. The lowest BCUT2D eigenvalue weighted by molar-refractivity contribution is -0.115. The van der Waals surface area contributed by atoms with Crippen LogP contribution in [0.4, 0.5) is 11.1 Å². The van der Waals surface area contributed by atoms with Gasteiger partial charge in [-0.1, -0.05) is 12.1 Å². The van der Waals surface area contributed by atoms with Crippen LogP contribution in [0.5, 0.6) is 5.75 Å². The Morgan fingerprint density at radius 1 is 1.17 bits per heavy atom. The predicted octanol–water partition coefficient (Wildman–Crippen LogP) is 2.96. The smallest absolute Gasteiger partial charge is 0.293 e. The van der Waals surface area contributed by atoms with Crippen molar-refractivity contribution in [2.24, 2.45) is 0 Å². The zero-order valence-electron chi connectivity index (χ0n) is 15.7. The van der Waals surface area contributed by atoms with Crippen molar-refractivity contribution in [2.75, 3.05) is 17.7 Å². The summed E-state index contributed by atoms with van der Waals surface area (Å²) in [7, 11) is 1.57. The third kappa shape index (κ3) is 4.36. The molecule has 152 valence electrons. The molecule has 30 heavy (non-hydrogen) atoms. The number of methoxy groups -OCH3 is 1. The summed E-state index contributed by atoms with van der Waals surface area (Å²) >= 11 is 1.21. The average molecular weight is 424 g/mol. The van der Waals surface area contributed by atoms with Crippen LogP contribution in [0.15, 0.2) is 52.5 Å². The van der Waals surface area contributed by atoms with Crippen molar-refractivity contribution in [3.63, 3.8) is 0 Å². The number of aromatic nitrogens is 4. The third-order valence-electron chi connectivity index (χ3n) is 3.96. The van der Waals surface area contributed by atoms with Gasteiger partial charge >= 0.3 is 0 Å². The van der Waals surface area contributed by atoms with E-state index in [1.165, 1.54) is 17.6 Å². The first-order valence-corrected chi connectivity index (χ1v) is 9.65. The highest BCUT2D eigenvalue weighted by molar-refractivity contribution is 7.14. The van der Waals surface area contributed by atoms with Crippen LogP contribution < -0.4 is 15.4 Å². The first-order valence-electron chi connectivity index (χ1n) is 8.77. The maximum atomic E-state index is 12.3. The van der Waals surface area contributed by atoms with E-state index in [1.807, 2.05) is 18.2 Å². The van der Waals surface area contributed by atoms with Gasteiger partial charge in [-0.15, -0.1) is 16.4 Å².